The van der Waals surface area contributed by atoms with Crippen LogP contribution in [0.4, 0.5) is 5.69 Å². The SMILES string of the molecule is C/C(=N/O)C(C)(C)NCCC(CCNC(=O)CCCC(=O)NCCCC[C@H](NC(=O)CNC(=O)[C@@H]1CSCC(=O)N[C@@H](CCCCNC(=O)CCC(=O)Nc2ccc3c(S(=O)(=O)O)cccc3c2)C(=O)N[C@H]2CSSC[C@H](NC(=O)[C@H](CC(=O)O)NC(=O)CNC(=O)[C@H](CCCNC(=N)N)NC2=O)C(=O)NC(Cc2ccccc2)C(=O)N1)C(N)=O)CCNC(C)(C)/C(C)=N\O. The minimum absolute atomic E-state index is 0.0124. The number of oxime groups is 2. The number of thioether (sulfide) groups is 1. The number of carboxylic acid groups (broad SMARTS) is 1. The molecule has 0 spiro atoms. The molecule has 26 N–H and O–H groups in total. The van der Waals surface area contributed by atoms with Crippen LogP contribution in [0.15, 0.2) is 81.9 Å². The van der Waals surface area contributed by atoms with E-state index in [9.17, 15) is 105 Å². The van der Waals surface area contributed by atoms with E-state index in [1.54, 1.807) is 50.2 Å². The Labute approximate surface area is 765 Å². The van der Waals surface area contributed by atoms with Gasteiger partial charge >= 0.3 is 5.97 Å². The lowest BCUT2D eigenvalue weighted by molar-refractivity contribution is -0.141. The van der Waals surface area contributed by atoms with Crippen molar-refractivity contribution in [1.29, 1.82) is 5.41 Å². The Morgan fingerprint density at radius 3 is 1.68 bits per heavy atom. The number of hydrogen-bond donors (Lipinski definition) is 24. The first kappa shape index (κ1) is 109. The molecular weight excluding hydrogens is 1770 g/mol. The summed E-state index contributed by atoms with van der Waals surface area (Å²) in [5.74, 6) is -16.5. The van der Waals surface area contributed by atoms with Crippen LogP contribution in [0.5, 0.6) is 0 Å². The number of nitrogens with two attached hydrogens (primary N) is 2. The number of carbonyl (C=O) groups excluding carboxylic acids is 15. The predicted molar refractivity (Wildman–Crippen MR) is 488 cm³/mol. The summed E-state index contributed by atoms with van der Waals surface area (Å²) in [6.07, 6.45) is 1.02. The quantitative estimate of drug-likeness (QED) is 0.00589. The molecule has 0 aliphatic carbocycles. The Kier molecular flexibility index (Phi) is 47.1. The molecule has 2 saturated heterocycles. The number of guanidine groups is 1. The third-order valence-electron chi connectivity index (χ3n) is 21.2. The Morgan fingerprint density at radius 1 is 0.546 bits per heavy atom. The van der Waals surface area contributed by atoms with Gasteiger partial charge in [0, 0.05) is 86.6 Å². The molecule has 2 fully saturated rings. The van der Waals surface area contributed by atoms with Gasteiger partial charge in [-0.1, -0.05) is 80.4 Å². The van der Waals surface area contributed by atoms with E-state index in [0.717, 1.165) is 46.2 Å². The zero-order valence-corrected chi connectivity index (χ0v) is 76.8. The number of nitrogens with zero attached hydrogens (tertiary/aromatic N) is 2. The Balaban J connectivity index is 1.32. The van der Waals surface area contributed by atoms with Gasteiger partial charge in [-0.25, -0.2) is 0 Å². The van der Waals surface area contributed by atoms with Crippen LogP contribution in [0, 0.1) is 11.3 Å². The van der Waals surface area contributed by atoms with Crippen molar-refractivity contribution in [1.82, 2.24) is 85.1 Å². The lowest BCUT2D eigenvalue weighted by Gasteiger charge is -2.28. The third-order valence-corrected chi connectivity index (χ3v) is 25.6. The number of hydrogen-bond acceptors (Lipinski definition) is 28. The van der Waals surface area contributed by atoms with Crippen molar-refractivity contribution in [2.24, 2.45) is 27.7 Å². The fraction of sp³-hybridized carbons (Fsp3) is 0.573. The lowest BCUT2D eigenvalue weighted by Crippen LogP contribution is -2.60. The van der Waals surface area contributed by atoms with E-state index in [0.29, 0.717) is 54.8 Å². The maximum absolute atomic E-state index is 14.9. The van der Waals surface area contributed by atoms with Crippen LogP contribution in [0.25, 0.3) is 10.8 Å². The second kappa shape index (κ2) is 56.2. The monoisotopic (exact) mass is 1900 g/mol. The summed E-state index contributed by atoms with van der Waals surface area (Å²) in [7, 11) is -2.88. The highest BCUT2D eigenvalue weighted by atomic mass is 33.1. The van der Waals surface area contributed by atoms with Gasteiger partial charge in [0.25, 0.3) is 10.1 Å². The highest BCUT2D eigenvalue weighted by Crippen LogP contribution is 2.28. The minimum atomic E-state index is -4.56. The molecule has 5 rings (SSSR count). The van der Waals surface area contributed by atoms with Crippen LogP contribution in [0.2, 0.25) is 0 Å². The molecule has 1 unspecified atom stereocenters. The van der Waals surface area contributed by atoms with Gasteiger partial charge in [-0.15, -0.1) is 11.8 Å². The molecular formula is C82H124N22O22S4. The normalized spacial score (nSPS) is 19.3. The Hall–Kier alpha value is -11.5. The molecule has 3 aromatic rings. The van der Waals surface area contributed by atoms with Crippen molar-refractivity contribution in [2.45, 2.75) is 221 Å². The molecule has 0 aromatic heterocycles. The predicted octanol–water partition coefficient (Wildman–Crippen LogP) is -1.39. The van der Waals surface area contributed by atoms with Gasteiger partial charge in [0.15, 0.2) is 5.96 Å². The maximum atomic E-state index is 14.9. The summed E-state index contributed by atoms with van der Waals surface area (Å²) < 4.78 is 33.5. The zero-order valence-electron chi connectivity index (χ0n) is 73.6. The number of anilines is 1. The number of benzene rings is 3. The molecule has 3 aromatic carbocycles. The average Bonchev–Trinajstić information content (AvgIpc) is 0.790. The first-order valence-corrected chi connectivity index (χ1v) is 47.6. The van der Waals surface area contributed by atoms with Crippen LogP contribution in [0.1, 0.15) is 156 Å². The number of primary amides is 1. The third kappa shape index (κ3) is 41.1. The Morgan fingerprint density at radius 2 is 1.08 bits per heavy atom. The summed E-state index contributed by atoms with van der Waals surface area (Å²) in [5.41, 5.74) is 11.8. The molecule has 2 bridgehead atoms. The van der Waals surface area contributed by atoms with Crippen LogP contribution >= 0.6 is 33.3 Å². The number of rotatable bonds is 45. The molecule has 48 heteroatoms. The van der Waals surface area contributed by atoms with Crippen LogP contribution in [-0.2, 0) is 93.3 Å². The summed E-state index contributed by atoms with van der Waals surface area (Å²) >= 11 is 0.745. The number of nitrogens with one attached hydrogen (secondary N) is 18. The van der Waals surface area contributed by atoms with Crippen LogP contribution < -0.4 is 102 Å². The summed E-state index contributed by atoms with van der Waals surface area (Å²) in [6.45, 7) is 11.0. The summed E-state index contributed by atoms with van der Waals surface area (Å²) in [5, 5.41) is 88.9. The molecule has 0 saturated carbocycles. The van der Waals surface area contributed by atoms with Crippen LogP contribution in [-0.4, -0.2) is 275 Å². The first-order chi connectivity index (χ1) is 61.6. The largest absolute Gasteiger partial charge is 0.481 e. The fourth-order valence-electron chi connectivity index (χ4n) is 13.1. The van der Waals surface area contributed by atoms with Crippen molar-refractivity contribution < 1.29 is 105 Å². The van der Waals surface area contributed by atoms with E-state index in [1.165, 1.54) is 30.3 Å². The van der Waals surface area contributed by atoms with Gasteiger partial charge in [-0.3, -0.25) is 86.7 Å². The van der Waals surface area contributed by atoms with E-state index in [1.807, 2.05) is 27.7 Å². The van der Waals surface area contributed by atoms with Gasteiger partial charge in [0.05, 0.1) is 47.8 Å². The van der Waals surface area contributed by atoms with Crippen molar-refractivity contribution in [3.8, 4) is 0 Å². The number of aliphatic carboxylic acids is 1. The molecule has 718 valence electrons. The van der Waals surface area contributed by atoms with Gasteiger partial charge in [0.1, 0.15) is 53.2 Å². The maximum Gasteiger partial charge on any atom is 0.305 e. The number of carboxylic acids is 1. The van der Waals surface area contributed by atoms with Crippen molar-refractivity contribution >= 4 is 172 Å². The fourth-order valence-corrected chi connectivity index (χ4v) is 17.0. The zero-order chi connectivity index (χ0) is 96.1. The molecule has 44 nitrogen and oxygen atoms in total. The smallest absolute Gasteiger partial charge is 0.305 e. The standard InChI is InChI=1S/C82H124N22O22S4/c1-48(103-122)81(3,4)92-37-31-50(32-38-93-82(5,6)49(2)104-123)30-36-88-65(106)25-15-24-64(105)86-33-12-10-20-55(72(83)114)95-68(109)42-91-74(116)60-44-127-47-70(111)96-57(21-11-13-34-87-66(107)28-29-67(108)94-53-26-27-54-52(40-53)19-14-23-63(54)130(124,125)126)75(117)101-61-45-128-129-46-62(79(121)99-58(76(118)100-60)39-51-17-8-7-9-18-51)102-77(119)59(41-71(112)113)97-69(110)43-90-73(115)56(98-78(61)120)22-16-35-89-80(84)85/h7-9,14,17-19,23,26-27,40,50,55-62,92-93,122-123H,10-13,15-16,20-22,24-25,28-39,41-47H2,1-6H3,(H2,83,114)(H,86,105)(H,87,107)(H,88,106)(H,90,115)(H,91,116)(H,94,108)(H,95,109)(H,96,111)(H,97,110)(H,98,120)(H,99,121)(H,100,118)(H,101,117)(H,102,119)(H,112,113)(H4,84,85,89)(H,124,125,126)/b103-48-,104-49-/t55-,56-,57-,58?,59-,60-,61-,62-/m0/s1. The van der Waals surface area contributed by atoms with E-state index in [-0.39, 0.29) is 143 Å². The van der Waals surface area contributed by atoms with E-state index >= 15 is 0 Å². The second-order valence-corrected chi connectivity index (χ2v) is 37.1. The first-order valence-electron chi connectivity index (χ1n) is 42.5. The van der Waals surface area contributed by atoms with Crippen LogP contribution in [0.3, 0.4) is 0 Å². The Bertz CT molecular complexity index is 4570. The number of fused-ring (bicyclic) bond motifs is 6. The second-order valence-electron chi connectivity index (χ2n) is 32.2. The summed E-state index contributed by atoms with van der Waals surface area (Å²) in [6, 6.07) is 3.80. The number of unbranched alkanes of at least 4 members (excludes halogenated alkanes) is 2. The van der Waals surface area contributed by atoms with Gasteiger partial charge in [-0.2, -0.15) is 8.42 Å². The highest BCUT2D eigenvalue weighted by molar-refractivity contribution is 8.76. The average molecular weight is 1900 g/mol. The van der Waals surface area contributed by atoms with Crippen molar-refractivity contribution in [3.63, 3.8) is 0 Å². The molecule has 2 aliphatic heterocycles. The van der Waals surface area contributed by atoms with E-state index in [4.69, 9.17) is 16.9 Å². The van der Waals surface area contributed by atoms with Gasteiger partial charge < -0.3 is 117 Å². The molecule has 15 amide bonds. The topological polar surface area (TPSA) is 693 Å². The lowest BCUT2D eigenvalue weighted by atomic mass is 9.94. The van der Waals surface area contributed by atoms with Gasteiger partial charge in [0.2, 0.25) is 88.6 Å². The molecule has 8 atom stereocenters. The minimum Gasteiger partial charge on any atom is -0.481 e. The summed E-state index contributed by atoms with van der Waals surface area (Å²) in [4.78, 5) is 220. The molecule has 2 aliphatic rings. The molecule has 2 heterocycles. The highest BCUT2D eigenvalue weighted by Gasteiger charge is 2.37. The van der Waals surface area contributed by atoms with E-state index in [2.05, 4.69) is 101 Å². The number of carbonyl (C=O) groups is 16. The number of amides is 15. The molecule has 0 radical (unpaired) electrons. The van der Waals surface area contributed by atoms with Crippen molar-refractivity contribution in [3.05, 3.63) is 72.3 Å². The van der Waals surface area contributed by atoms with Gasteiger partial charge in [-0.05, 0) is 167 Å². The van der Waals surface area contributed by atoms with E-state index < -0.39 is 195 Å². The molecule has 130 heavy (non-hydrogen) atoms. The van der Waals surface area contributed by atoms with Crippen molar-refractivity contribution in [2.75, 3.05) is 80.7 Å².